The lowest BCUT2D eigenvalue weighted by Crippen LogP contribution is -2.50. The van der Waals surface area contributed by atoms with E-state index in [0.29, 0.717) is 30.1 Å². The van der Waals surface area contributed by atoms with E-state index < -0.39 is 11.9 Å². The predicted octanol–water partition coefficient (Wildman–Crippen LogP) is 5.85. The highest BCUT2D eigenvalue weighted by atomic mass is 16.4. The van der Waals surface area contributed by atoms with E-state index in [1.807, 2.05) is 6.08 Å². The maximum Gasteiger partial charge on any atom is 0.307 e. The van der Waals surface area contributed by atoms with E-state index in [9.17, 15) is 19.8 Å². The molecule has 1 unspecified atom stereocenters. The maximum absolute atomic E-state index is 11.4. The van der Waals surface area contributed by atoms with Crippen molar-refractivity contribution in [2.75, 3.05) is 0 Å². The van der Waals surface area contributed by atoms with Crippen LogP contribution in [0.15, 0.2) is 36.0 Å². The third kappa shape index (κ3) is 3.36. The minimum atomic E-state index is -0.753. The summed E-state index contributed by atoms with van der Waals surface area (Å²) in [6.07, 6.45) is 14.3. The second kappa shape index (κ2) is 7.69. The molecule has 0 aromatic heterocycles. The molecular weight excluding hydrogens is 376 g/mol. The largest absolute Gasteiger partial charge is 0.481 e. The Labute approximate surface area is 180 Å². The molecule has 2 N–H and O–H groups in total. The van der Waals surface area contributed by atoms with E-state index in [0.717, 1.165) is 50.5 Å². The number of carboxylic acids is 2. The molecule has 4 aliphatic carbocycles. The zero-order valence-corrected chi connectivity index (χ0v) is 18.4. The van der Waals surface area contributed by atoms with Crippen LogP contribution in [0.3, 0.4) is 0 Å². The number of allylic oxidation sites excluding steroid dienone is 4. The normalized spacial score (nSPS) is 42.3. The van der Waals surface area contributed by atoms with Crippen LogP contribution in [0.5, 0.6) is 0 Å². The Bertz CT molecular complexity index is 808. The van der Waals surface area contributed by atoms with Crippen LogP contribution < -0.4 is 0 Å². The third-order valence-corrected chi connectivity index (χ3v) is 9.48. The summed E-state index contributed by atoms with van der Waals surface area (Å²) in [7, 11) is 0. The summed E-state index contributed by atoms with van der Waals surface area (Å²) in [6.45, 7) is 8.70. The molecule has 0 spiro atoms. The molecule has 0 heterocycles. The molecule has 0 bridgehead atoms. The van der Waals surface area contributed by atoms with Gasteiger partial charge in [-0.3, -0.25) is 9.59 Å². The molecule has 0 aromatic carbocycles. The lowest BCUT2D eigenvalue weighted by Gasteiger charge is -2.58. The van der Waals surface area contributed by atoms with Crippen molar-refractivity contribution in [1.29, 1.82) is 0 Å². The van der Waals surface area contributed by atoms with Crippen LogP contribution in [0.2, 0.25) is 0 Å². The van der Waals surface area contributed by atoms with Gasteiger partial charge in [-0.05, 0) is 90.9 Å². The quantitative estimate of drug-likeness (QED) is 0.536. The monoisotopic (exact) mass is 412 g/mol. The minimum absolute atomic E-state index is 0.0881. The first-order valence-corrected chi connectivity index (χ1v) is 11.6. The Morgan fingerprint density at radius 1 is 1.17 bits per heavy atom. The molecule has 0 amide bonds. The van der Waals surface area contributed by atoms with Gasteiger partial charge in [0, 0.05) is 6.42 Å². The Morgan fingerprint density at radius 3 is 2.60 bits per heavy atom. The average Bonchev–Trinajstić information content (AvgIpc) is 2.98. The predicted molar refractivity (Wildman–Crippen MR) is 117 cm³/mol. The molecule has 4 heteroatoms. The fourth-order valence-corrected chi connectivity index (χ4v) is 8.03. The molecule has 2 fully saturated rings. The van der Waals surface area contributed by atoms with Gasteiger partial charge in [0.15, 0.2) is 0 Å². The van der Waals surface area contributed by atoms with Crippen molar-refractivity contribution in [3.63, 3.8) is 0 Å². The zero-order chi connectivity index (χ0) is 21.7. The lowest BCUT2D eigenvalue weighted by molar-refractivity contribution is -0.140. The van der Waals surface area contributed by atoms with Gasteiger partial charge in [0.05, 0.1) is 6.42 Å². The zero-order valence-electron chi connectivity index (χ0n) is 18.4. The number of hydrogen-bond acceptors (Lipinski definition) is 2. The topological polar surface area (TPSA) is 74.6 Å². The molecule has 4 aliphatic rings. The van der Waals surface area contributed by atoms with Gasteiger partial charge in [-0.25, -0.2) is 0 Å². The van der Waals surface area contributed by atoms with Gasteiger partial charge in [0.1, 0.15) is 0 Å². The maximum atomic E-state index is 11.4. The molecule has 7 atom stereocenters. The van der Waals surface area contributed by atoms with Gasteiger partial charge >= 0.3 is 11.9 Å². The summed E-state index contributed by atoms with van der Waals surface area (Å²) in [6, 6.07) is 0. The van der Waals surface area contributed by atoms with E-state index >= 15 is 0 Å². The first-order chi connectivity index (χ1) is 14.2. The van der Waals surface area contributed by atoms with Crippen LogP contribution in [0.4, 0.5) is 0 Å². The highest BCUT2D eigenvalue weighted by molar-refractivity contribution is 5.70. The SMILES string of the molecule is C=CC[C@@H]1C[C@@]2(C)C(=CC[C@@H]3[C@@H]2CC[C@]2(C)C(CC(=O)O)CC[C@@H]32)C=C1CC(=O)O. The molecule has 4 rings (SSSR count). The van der Waals surface area contributed by atoms with Crippen LogP contribution >= 0.6 is 0 Å². The highest BCUT2D eigenvalue weighted by Gasteiger charge is 2.58. The molecule has 0 aliphatic heterocycles. The second-order valence-electron chi connectivity index (χ2n) is 10.8. The molecule has 30 heavy (non-hydrogen) atoms. The highest BCUT2D eigenvalue weighted by Crippen LogP contribution is 2.67. The number of carboxylic acid groups (broad SMARTS) is 2. The van der Waals surface area contributed by atoms with E-state index in [-0.39, 0.29) is 23.2 Å². The van der Waals surface area contributed by atoms with Crippen LogP contribution in [0.25, 0.3) is 0 Å². The lowest BCUT2D eigenvalue weighted by atomic mass is 9.47. The first-order valence-electron chi connectivity index (χ1n) is 11.6. The molecule has 0 saturated heterocycles. The number of aliphatic carboxylic acids is 2. The van der Waals surface area contributed by atoms with Crippen molar-refractivity contribution in [3.05, 3.63) is 36.0 Å². The van der Waals surface area contributed by atoms with E-state index in [1.165, 1.54) is 5.57 Å². The van der Waals surface area contributed by atoms with Gasteiger partial charge in [0.25, 0.3) is 0 Å². The Kier molecular flexibility index (Phi) is 5.48. The van der Waals surface area contributed by atoms with Gasteiger partial charge < -0.3 is 10.2 Å². The molecular formula is C26H36O4. The molecule has 4 nitrogen and oxygen atoms in total. The van der Waals surface area contributed by atoms with Gasteiger partial charge in [-0.1, -0.05) is 37.6 Å². The average molecular weight is 413 g/mol. The van der Waals surface area contributed by atoms with Crippen molar-refractivity contribution in [2.24, 2.45) is 40.4 Å². The van der Waals surface area contributed by atoms with Gasteiger partial charge in [-0.15, -0.1) is 6.58 Å². The summed E-state index contributed by atoms with van der Waals surface area (Å²) in [5, 5.41) is 18.8. The summed E-state index contributed by atoms with van der Waals surface area (Å²) in [5.74, 6) is 0.994. The fourth-order valence-electron chi connectivity index (χ4n) is 8.03. The van der Waals surface area contributed by atoms with Crippen LogP contribution in [-0.4, -0.2) is 22.2 Å². The van der Waals surface area contributed by atoms with E-state index in [1.54, 1.807) is 0 Å². The van der Waals surface area contributed by atoms with Crippen LogP contribution in [0, 0.1) is 40.4 Å². The van der Waals surface area contributed by atoms with Crippen molar-refractivity contribution in [3.8, 4) is 0 Å². The second-order valence-corrected chi connectivity index (χ2v) is 10.8. The van der Waals surface area contributed by atoms with E-state index in [2.05, 4.69) is 32.6 Å². The molecule has 164 valence electrons. The smallest absolute Gasteiger partial charge is 0.307 e. The van der Waals surface area contributed by atoms with Gasteiger partial charge in [-0.2, -0.15) is 0 Å². The van der Waals surface area contributed by atoms with Gasteiger partial charge in [0.2, 0.25) is 0 Å². The molecule has 0 radical (unpaired) electrons. The Hall–Kier alpha value is -1.84. The van der Waals surface area contributed by atoms with Crippen molar-refractivity contribution in [2.45, 2.75) is 71.6 Å². The Balaban J connectivity index is 1.65. The molecule has 2 saturated carbocycles. The number of carbonyl (C=O) groups is 2. The van der Waals surface area contributed by atoms with Crippen LogP contribution in [-0.2, 0) is 9.59 Å². The third-order valence-electron chi connectivity index (χ3n) is 9.48. The van der Waals surface area contributed by atoms with Crippen LogP contribution in [0.1, 0.15) is 71.6 Å². The van der Waals surface area contributed by atoms with Crippen molar-refractivity contribution >= 4 is 11.9 Å². The summed E-state index contributed by atoms with van der Waals surface area (Å²) in [4.78, 5) is 22.9. The molecule has 0 aromatic rings. The fraction of sp³-hybridized carbons (Fsp3) is 0.692. The number of rotatable bonds is 6. The standard InChI is InChI=1S/C26H36O4/c1-4-5-16-15-26(3)18(12-17(16)13-23(27)28)6-8-20-21-9-7-19(14-24(29)30)25(21,2)11-10-22(20)26/h4,6,12,16,19-22H,1,5,7-11,13-15H2,2-3H3,(H,27,28)(H,29,30)/t16-,19?,20+,21+,22+,25-,26+/m1/s1. The number of fused-ring (bicyclic) bond motifs is 5. The summed E-state index contributed by atoms with van der Waals surface area (Å²) < 4.78 is 0. The van der Waals surface area contributed by atoms with E-state index in [4.69, 9.17) is 0 Å². The first kappa shape index (κ1) is 21.4. The summed E-state index contributed by atoms with van der Waals surface area (Å²) >= 11 is 0. The summed E-state index contributed by atoms with van der Waals surface area (Å²) in [5.41, 5.74) is 2.64. The van der Waals surface area contributed by atoms with Crippen molar-refractivity contribution in [1.82, 2.24) is 0 Å². The Morgan fingerprint density at radius 2 is 1.93 bits per heavy atom. The number of hydrogen-bond donors (Lipinski definition) is 2. The minimum Gasteiger partial charge on any atom is -0.481 e. The van der Waals surface area contributed by atoms with Crippen molar-refractivity contribution < 1.29 is 19.8 Å².